The summed E-state index contributed by atoms with van der Waals surface area (Å²) in [5.74, 6) is -1.07. The second kappa shape index (κ2) is 5.77. The molecule has 7 heteroatoms. The number of carbonyl (C=O) groups excluding carboxylic acids is 2. The third kappa shape index (κ3) is 3.55. The van der Waals surface area contributed by atoms with E-state index in [4.69, 9.17) is 5.11 Å². The zero-order chi connectivity index (χ0) is 15.6. The van der Waals surface area contributed by atoms with Gasteiger partial charge in [-0.1, -0.05) is 0 Å². The summed E-state index contributed by atoms with van der Waals surface area (Å²) in [6.45, 7) is 3.11. The van der Waals surface area contributed by atoms with Gasteiger partial charge in [-0.15, -0.1) is 11.8 Å². The molecule has 0 fully saturated rings. The molecule has 21 heavy (non-hydrogen) atoms. The highest BCUT2D eigenvalue weighted by Gasteiger charge is 2.28. The van der Waals surface area contributed by atoms with Gasteiger partial charge in [0.1, 0.15) is 0 Å². The first-order chi connectivity index (χ1) is 9.79. The highest BCUT2D eigenvalue weighted by atomic mass is 32.2. The van der Waals surface area contributed by atoms with Crippen LogP contribution in [0.3, 0.4) is 0 Å². The van der Waals surface area contributed by atoms with Gasteiger partial charge in [0.15, 0.2) is 0 Å². The van der Waals surface area contributed by atoms with E-state index in [0.29, 0.717) is 17.0 Å². The Balaban J connectivity index is 2.08. The summed E-state index contributed by atoms with van der Waals surface area (Å²) < 4.78 is 0. The predicted octanol–water partition coefficient (Wildman–Crippen LogP) is 1.57. The van der Waals surface area contributed by atoms with Crippen molar-refractivity contribution in [1.29, 1.82) is 0 Å². The fourth-order valence-electron chi connectivity index (χ4n) is 1.70. The second-order valence-corrected chi connectivity index (χ2v) is 6.44. The normalized spacial score (nSPS) is 14.1. The minimum absolute atomic E-state index is 0.0271. The molecule has 1 aromatic carbocycles. The number of fused-ring (bicyclic) bond motifs is 1. The SMILES string of the molecule is CC(C)(CNC(=O)c1ccc2c(c1)NC(=O)CS2)C(=O)O. The molecule has 0 saturated heterocycles. The number of anilines is 1. The number of carboxylic acids is 1. The van der Waals surface area contributed by atoms with Crippen molar-refractivity contribution in [3.63, 3.8) is 0 Å². The Bertz CT molecular complexity index is 613. The number of nitrogens with one attached hydrogen (secondary N) is 2. The summed E-state index contributed by atoms with van der Waals surface area (Å²) in [6, 6.07) is 5.03. The standard InChI is InChI=1S/C14H16N2O4S/c1-14(2,13(19)20)7-15-12(18)8-3-4-10-9(5-8)16-11(17)6-21-10/h3-5H,6-7H2,1-2H3,(H,15,18)(H,16,17)(H,19,20). The summed E-state index contributed by atoms with van der Waals surface area (Å²) in [5.41, 5.74) is -0.0346. The molecular formula is C14H16N2O4S. The van der Waals surface area contributed by atoms with Crippen LogP contribution in [0.5, 0.6) is 0 Å². The molecule has 1 heterocycles. The molecule has 112 valence electrons. The fraction of sp³-hybridized carbons (Fsp3) is 0.357. The van der Waals surface area contributed by atoms with Crippen LogP contribution in [0.1, 0.15) is 24.2 Å². The number of benzene rings is 1. The van der Waals surface area contributed by atoms with Crippen molar-refractivity contribution in [3.8, 4) is 0 Å². The predicted molar refractivity (Wildman–Crippen MR) is 79.5 cm³/mol. The molecular weight excluding hydrogens is 292 g/mol. The number of aliphatic carboxylic acids is 1. The number of hydrogen-bond acceptors (Lipinski definition) is 4. The molecule has 1 aromatic rings. The van der Waals surface area contributed by atoms with Gasteiger partial charge in [-0.2, -0.15) is 0 Å². The zero-order valence-electron chi connectivity index (χ0n) is 11.7. The van der Waals surface area contributed by atoms with Crippen LogP contribution in [0.2, 0.25) is 0 Å². The van der Waals surface area contributed by atoms with E-state index in [1.807, 2.05) is 0 Å². The lowest BCUT2D eigenvalue weighted by molar-refractivity contribution is -0.146. The molecule has 1 aliphatic rings. The first kappa shape index (κ1) is 15.4. The summed E-state index contributed by atoms with van der Waals surface area (Å²) >= 11 is 1.42. The van der Waals surface area contributed by atoms with Crippen LogP contribution < -0.4 is 10.6 Å². The van der Waals surface area contributed by atoms with Crippen LogP contribution in [-0.2, 0) is 9.59 Å². The Morgan fingerprint density at radius 2 is 2.14 bits per heavy atom. The lowest BCUT2D eigenvalue weighted by Crippen LogP contribution is -2.38. The molecule has 0 aliphatic carbocycles. The maximum atomic E-state index is 12.1. The molecule has 2 amide bonds. The van der Waals surface area contributed by atoms with Gasteiger partial charge >= 0.3 is 5.97 Å². The average molecular weight is 308 g/mol. The lowest BCUT2D eigenvalue weighted by atomic mass is 9.94. The van der Waals surface area contributed by atoms with Gasteiger partial charge in [-0.25, -0.2) is 0 Å². The van der Waals surface area contributed by atoms with E-state index in [9.17, 15) is 14.4 Å². The maximum absolute atomic E-state index is 12.1. The van der Waals surface area contributed by atoms with Gasteiger partial charge in [0.05, 0.1) is 16.9 Å². The third-order valence-corrected chi connectivity index (χ3v) is 4.22. The Morgan fingerprint density at radius 1 is 1.43 bits per heavy atom. The lowest BCUT2D eigenvalue weighted by Gasteiger charge is -2.20. The molecule has 0 spiro atoms. The van der Waals surface area contributed by atoms with Gasteiger partial charge in [-0.3, -0.25) is 14.4 Å². The van der Waals surface area contributed by atoms with E-state index >= 15 is 0 Å². The molecule has 0 radical (unpaired) electrons. The smallest absolute Gasteiger partial charge is 0.310 e. The van der Waals surface area contributed by atoms with Crippen molar-refractivity contribution in [2.75, 3.05) is 17.6 Å². The van der Waals surface area contributed by atoms with Gasteiger partial charge < -0.3 is 15.7 Å². The number of hydrogen-bond donors (Lipinski definition) is 3. The van der Waals surface area contributed by atoms with E-state index in [1.54, 1.807) is 32.0 Å². The van der Waals surface area contributed by atoms with Crippen molar-refractivity contribution in [2.24, 2.45) is 5.41 Å². The number of carbonyl (C=O) groups is 3. The van der Waals surface area contributed by atoms with Crippen LogP contribution >= 0.6 is 11.8 Å². The Labute approximate surface area is 126 Å². The molecule has 0 saturated carbocycles. The van der Waals surface area contributed by atoms with E-state index in [-0.39, 0.29) is 18.4 Å². The zero-order valence-corrected chi connectivity index (χ0v) is 12.5. The van der Waals surface area contributed by atoms with E-state index in [2.05, 4.69) is 10.6 Å². The third-order valence-electron chi connectivity index (χ3n) is 3.14. The summed E-state index contributed by atoms with van der Waals surface area (Å²) in [7, 11) is 0. The first-order valence-electron chi connectivity index (χ1n) is 6.38. The number of thioether (sulfide) groups is 1. The molecule has 0 atom stereocenters. The Kier molecular flexibility index (Phi) is 4.22. The number of amides is 2. The average Bonchev–Trinajstić information content (AvgIpc) is 2.43. The monoisotopic (exact) mass is 308 g/mol. The summed E-state index contributed by atoms with van der Waals surface area (Å²) in [6.07, 6.45) is 0. The summed E-state index contributed by atoms with van der Waals surface area (Å²) in [5, 5.41) is 14.3. The maximum Gasteiger partial charge on any atom is 0.310 e. The Hall–Kier alpha value is -2.02. The van der Waals surface area contributed by atoms with Gasteiger partial charge in [-0.05, 0) is 32.0 Å². The Morgan fingerprint density at radius 3 is 2.81 bits per heavy atom. The summed E-state index contributed by atoms with van der Waals surface area (Å²) in [4.78, 5) is 35.3. The van der Waals surface area contributed by atoms with Crippen LogP contribution in [0.25, 0.3) is 0 Å². The van der Waals surface area contributed by atoms with E-state index in [1.165, 1.54) is 11.8 Å². The molecule has 2 rings (SSSR count). The number of rotatable bonds is 4. The van der Waals surface area contributed by atoms with Crippen LogP contribution in [0.4, 0.5) is 5.69 Å². The van der Waals surface area contributed by atoms with E-state index < -0.39 is 11.4 Å². The van der Waals surface area contributed by atoms with Crippen LogP contribution in [0.15, 0.2) is 23.1 Å². The molecule has 0 unspecified atom stereocenters. The van der Waals surface area contributed by atoms with Gasteiger partial charge in [0, 0.05) is 17.0 Å². The van der Waals surface area contributed by atoms with Crippen LogP contribution in [-0.4, -0.2) is 35.2 Å². The molecule has 1 aliphatic heterocycles. The fourth-order valence-corrected chi connectivity index (χ4v) is 2.49. The van der Waals surface area contributed by atoms with Crippen LogP contribution in [0, 0.1) is 5.41 Å². The first-order valence-corrected chi connectivity index (χ1v) is 7.36. The van der Waals surface area contributed by atoms with Gasteiger partial charge in [0.25, 0.3) is 5.91 Å². The number of carboxylic acid groups (broad SMARTS) is 1. The second-order valence-electron chi connectivity index (χ2n) is 5.42. The quantitative estimate of drug-likeness (QED) is 0.785. The minimum Gasteiger partial charge on any atom is -0.481 e. The van der Waals surface area contributed by atoms with Crippen molar-refractivity contribution >= 4 is 35.2 Å². The van der Waals surface area contributed by atoms with Crippen molar-refractivity contribution in [3.05, 3.63) is 23.8 Å². The van der Waals surface area contributed by atoms with Crippen molar-refractivity contribution < 1.29 is 19.5 Å². The topological polar surface area (TPSA) is 95.5 Å². The van der Waals surface area contributed by atoms with E-state index in [0.717, 1.165) is 4.90 Å². The molecule has 6 nitrogen and oxygen atoms in total. The minimum atomic E-state index is -1.03. The molecule has 0 bridgehead atoms. The molecule has 0 aromatic heterocycles. The van der Waals surface area contributed by atoms with Gasteiger partial charge in [0.2, 0.25) is 5.91 Å². The largest absolute Gasteiger partial charge is 0.481 e. The highest BCUT2D eigenvalue weighted by Crippen LogP contribution is 2.31. The van der Waals surface area contributed by atoms with Crippen molar-refractivity contribution in [1.82, 2.24) is 5.32 Å². The molecule has 3 N–H and O–H groups in total. The van der Waals surface area contributed by atoms with Crippen molar-refractivity contribution in [2.45, 2.75) is 18.7 Å². The highest BCUT2D eigenvalue weighted by molar-refractivity contribution is 8.00.